The number of ether oxygens (including phenoxy) is 1. The first kappa shape index (κ1) is 7.98. The van der Waals surface area contributed by atoms with Crippen LogP contribution in [0.4, 0.5) is 0 Å². The van der Waals surface area contributed by atoms with E-state index in [2.05, 4.69) is 0 Å². The third kappa shape index (κ3) is 1.94. The van der Waals surface area contributed by atoms with Gasteiger partial charge in [0.15, 0.2) is 0 Å². The highest BCUT2D eigenvalue weighted by atomic mass is 16.5. The second kappa shape index (κ2) is 3.91. The van der Waals surface area contributed by atoms with Crippen LogP contribution in [-0.4, -0.2) is 31.5 Å². The number of rotatable bonds is 2. The van der Waals surface area contributed by atoms with E-state index in [0.717, 1.165) is 19.4 Å². The van der Waals surface area contributed by atoms with Gasteiger partial charge in [-0.2, -0.15) is 0 Å². The maximum atomic E-state index is 10.4. The summed E-state index contributed by atoms with van der Waals surface area (Å²) in [5, 5.41) is 10.4. The molecule has 59 valence electrons. The molecule has 1 atom stereocenters. The molecule has 0 aliphatic carbocycles. The summed E-state index contributed by atoms with van der Waals surface area (Å²) in [6, 6.07) is 0. The standard InChI is InChI=1S/C7H14NO2/c1-8(6-9)7-4-2-3-5-10-7/h7H,2-6H2,1H3. The summed E-state index contributed by atoms with van der Waals surface area (Å²) in [7, 11) is 1.81. The maximum absolute atomic E-state index is 10.4. The molecule has 0 saturated carbocycles. The number of hydrogen-bond donors (Lipinski definition) is 0. The lowest BCUT2D eigenvalue weighted by atomic mass is 10.2. The van der Waals surface area contributed by atoms with E-state index in [1.807, 2.05) is 7.05 Å². The molecule has 1 saturated heterocycles. The Labute approximate surface area is 61.6 Å². The summed E-state index contributed by atoms with van der Waals surface area (Å²) in [5.74, 6) is 0. The average Bonchev–Trinajstić information content (AvgIpc) is 2.05. The van der Waals surface area contributed by atoms with Gasteiger partial charge in [-0.3, -0.25) is 4.90 Å². The third-order valence-corrected chi connectivity index (χ3v) is 1.85. The summed E-state index contributed by atoms with van der Waals surface area (Å²) in [6.07, 6.45) is 3.43. The summed E-state index contributed by atoms with van der Waals surface area (Å²) in [4.78, 5) is 1.71. The quantitative estimate of drug-likeness (QED) is 0.538. The molecule has 0 N–H and O–H groups in total. The van der Waals surface area contributed by atoms with E-state index in [0.29, 0.717) is 0 Å². The molecule has 0 aromatic rings. The van der Waals surface area contributed by atoms with E-state index < -0.39 is 0 Å². The Hall–Kier alpha value is -0.120. The second-order valence-corrected chi connectivity index (χ2v) is 2.71. The van der Waals surface area contributed by atoms with E-state index in [4.69, 9.17) is 4.74 Å². The lowest BCUT2D eigenvalue weighted by Gasteiger charge is -2.28. The van der Waals surface area contributed by atoms with Gasteiger partial charge in [-0.25, -0.2) is 5.11 Å². The Balaban J connectivity index is 2.24. The topological polar surface area (TPSA) is 32.4 Å². The average molecular weight is 144 g/mol. The molecule has 1 heterocycles. The van der Waals surface area contributed by atoms with Gasteiger partial charge in [0.25, 0.3) is 0 Å². The highest BCUT2D eigenvalue weighted by Crippen LogP contribution is 2.14. The van der Waals surface area contributed by atoms with Crippen molar-refractivity contribution >= 4 is 0 Å². The van der Waals surface area contributed by atoms with Gasteiger partial charge in [-0.05, 0) is 26.3 Å². The van der Waals surface area contributed by atoms with Crippen molar-refractivity contribution in [2.75, 3.05) is 20.4 Å². The molecule has 0 aromatic heterocycles. The first-order valence-corrected chi connectivity index (χ1v) is 3.74. The van der Waals surface area contributed by atoms with Crippen LogP contribution in [0.1, 0.15) is 19.3 Å². The fourth-order valence-electron chi connectivity index (χ4n) is 1.15. The highest BCUT2D eigenvalue weighted by molar-refractivity contribution is 4.60. The van der Waals surface area contributed by atoms with Crippen LogP contribution in [0.15, 0.2) is 0 Å². The fraction of sp³-hybridized carbons (Fsp3) is 1.00. The molecule has 1 aliphatic rings. The highest BCUT2D eigenvalue weighted by Gasteiger charge is 2.17. The van der Waals surface area contributed by atoms with Crippen LogP contribution in [0.2, 0.25) is 0 Å². The van der Waals surface area contributed by atoms with Gasteiger partial charge in [0, 0.05) is 6.61 Å². The van der Waals surface area contributed by atoms with Crippen LogP contribution < -0.4 is 0 Å². The molecule has 10 heavy (non-hydrogen) atoms. The number of nitrogens with zero attached hydrogens (tertiary/aromatic N) is 1. The predicted molar refractivity (Wildman–Crippen MR) is 36.9 cm³/mol. The zero-order chi connectivity index (χ0) is 7.40. The Morgan fingerprint density at radius 3 is 2.90 bits per heavy atom. The van der Waals surface area contributed by atoms with Crippen molar-refractivity contribution in [2.24, 2.45) is 0 Å². The van der Waals surface area contributed by atoms with Gasteiger partial charge >= 0.3 is 0 Å². The minimum atomic E-state index is -0.162. The minimum Gasteiger partial charge on any atom is -0.363 e. The molecule has 1 radical (unpaired) electrons. The van der Waals surface area contributed by atoms with Crippen LogP contribution in [-0.2, 0) is 9.84 Å². The Morgan fingerprint density at radius 1 is 1.60 bits per heavy atom. The molecule has 0 bridgehead atoms. The van der Waals surface area contributed by atoms with Crippen molar-refractivity contribution in [1.29, 1.82) is 0 Å². The van der Waals surface area contributed by atoms with E-state index in [1.165, 1.54) is 6.42 Å². The molecular weight excluding hydrogens is 130 g/mol. The zero-order valence-electron chi connectivity index (χ0n) is 6.38. The van der Waals surface area contributed by atoms with Gasteiger partial charge < -0.3 is 4.74 Å². The SMILES string of the molecule is CN(C[O])C1CCCCO1. The van der Waals surface area contributed by atoms with Crippen molar-refractivity contribution in [1.82, 2.24) is 4.90 Å². The van der Waals surface area contributed by atoms with Crippen LogP contribution in [0, 0.1) is 0 Å². The van der Waals surface area contributed by atoms with E-state index in [1.54, 1.807) is 4.90 Å². The Morgan fingerprint density at radius 2 is 2.40 bits per heavy atom. The van der Waals surface area contributed by atoms with Crippen molar-refractivity contribution in [3.63, 3.8) is 0 Å². The number of hydrogen-bond acceptors (Lipinski definition) is 2. The van der Waals surface area contributed by atoms with Crippen molar-refractivity contribution < 1.29 is 9.84 Å². The van der Waals surface area contributed by atoms with Crippen molar-refractivity contribution in [3.8, 4) is 0 Å². The maximum Gasteiger partial charge on any atom is 0.137 e. The monoisotopic (exact) mass is 144 g/mol. The smallest absolute Gasteiger partial charge is 0.137 e. The molecule has 0 spiro atoms. The molecule has 0 amide bonds. The lowest BCUT2D eigenvalue weighted by molar-refractivity contribution is -0.112. The second-order valence-electron chi connectivity index (χ2n) is 2.71. The molecule has 1 unspecified atom stereocenters. The molecule has 1 aliphatic heterocycles. The van der Waals surface area contributed by atoms with Gasteiger partial charge in [0.1, 0.15) is 13.0 Å². The molecule has 3 heteroatoms. The molecule has 1 rings (SSSR count). The fourth-order valence-corrected chi connectivity index (χ4v) is 1.15. The normalized spacial score (nSPS) is 27.3. The van der Waals surface area contributed by atoms with Crippen LogP contribution in [0.5, 0.6) is 0 Å². The van der Waals surface area contributed by atoms with Crippen LogP contribution >= 0.6 is 0 Å². The van der Waals surface area contributed by atoms with Gasteiger partial charge in [0.2, 0.25) is 0 Å². The summed E-state index contributed by atoms with van der Waals surface area (Å²) < 4.78 is 5.36. The predicted octanol–water partition coefficient (Wildman–Crippen LogP) is 0.833. The minimum absolute atomic E-state index is 0.0891. The van der Waals surface area contributed by atoms with E-state index >= 15 is 0 Å². The molecular formula is C7H14NO2. The summed E-state index contributed by atoms with van der Waals surface area (Å²) in [5.41, 5.74) is 0. The first-order chi connectivity index (χ1) is 4.84. The largest absolute Gasteiger partial charge is 0.363 e. The van der Waals surface area contributed by atoms with Gasteiger partial charge in [-0.1, -0.05) is 0 Å². The van der Waals surface area contributed by atoms with Crippen LogP contribution in [0.3, 0.4) is 0 Å². The van der Waals surface area contributed by atoms with E-state index in [-0.39, 0.29) is 13.0 Å². The summed E-state index contributed by atoms with van der Waals surface area (Å²) >= 11 is 0. The lowest BCUT2D eigenvalue weighted by Crippen LogP contribution is -2.36. The Bertz CT molecular complexity index is 91.6. The van der Waals surface area contributed by atoms with Gasteiger partial charge in [0.05, 0.1) is 0 Å². The molecule has 3 nitrogen and oxygen atoms in total. The molecule has 1 fully saturated rings. The van der Waals surface area contributed by atoms with Gasteiger partial charge in [-0.15, -0.1) is 0 Å². The third-order valence-electron chi connectivity index (χ3n) is 1.85. The van der Waals surface area contributed by atoms with Crippen molar-refractivity contribution in [3.05, 3.63) is 0 Å². The van der Waals surface area contributed by atoms with Crippen molar-refractivity contribution in [2.45, 2.75) is 25.5 Å². The van der Waals surface area contributed by atoms with Crippen LogP contribution in [0.25, 0.3) is 0 Å². The Kier molecular flexibility index (Phi) is 3.12. The van der Waals surface area contributed by atoms with E-state index in [9.17, 15) is 5.11 Å². The molecule has 0 aromatic carbocycles. The first-order valence-electron chi connectivity index (χ1n) is 3.74. The zero-order valence-corrected chi connectivity index (χ0v) is 6.38. The summed E-state index contributed by atoms with van der Waals surface area (Å²) in [6.45, 7) is 0.652.